The van der Waals surface area contributed by atoms with Gasteiger partial charge in [-0.05, 0) is 25.1 Å². The standard InChI is InChI=1S/C16H16OS/c1-3-15(17)14-9-4-5-10-16(14)18-13-8-6-7-12(2)11-13/h4-11H,3H2,1-2H3. The van der Waals surface area contributed by atoms with Gasteiger partial charge in [-0.25, -0.2) is 0 Å². The van der Waals surface area contributed by atoms with Gasteiger partial charge >= 0.3 is 0 Å². The number of Topliss-reactive ketones (excluding diaryl/α,β-unsaturated/α-hetero) is 1. The molecule has 0 aliphatic rings. The Morgan fingerprint density at radius 1 is 1.11 bits per heavy atom. The van der Waals surface area contributed by atoms with Crippen LogP contribution in [0.5, 0.6) is 0 Å². The van der Waals surface area contributed by atoms with Crippen LogP contribution in [0.4, 0.5) is 0 Å². The Balaban J connectivity index is 2.32. The lowest BCUT2D eigenvalue weighted by Gasteiger charge is -2.07. The number of aryl methyl sites for hydroxylation is 1. The molecule has 0 aromatic heterocycles. The van der Waals surface area contributed by atoms with Gasteiger partial charge in [0, 0.05) is 21.8 Å². The van der Waals surface area contributed by atoms with Crippen LogP contribution in [0.3, 0.4) is 0 Å². The molecule has 18 heavy (non-hydrogen) atoms. The summed E-state index contributed by atoms with van der Waals surface area (Å²) in [5.74, 6) is 0.200. The van der Waals surface area contributed by atoms with Crippen molar-refractivity contribution in [1.29, 1.82) is 0 Å². The Kier molecular flexibility index (Phi) is 4.21. The molecule has 0 bridgehead atoms. The third kappa shape index (κ3) is 3.02. The van der Waals surface area contributed by atoms with Crippen LogP contribution in [0.2, 0.25) is 0 Å². The van der Waals surface area contributed by atoms with Crippen LogP contribution >= 0.6 is 11.8 Å². The summed E-state index contributed by atoms with van der Waals surface area (Å²) in [6, 6.07) is 16.1. The molecule has 2 rings (SSSR count). The molecule has 0 fully saturated rings. The molecule has 0 aliphatic heterocycles. The maximum atomic E-state index is 11.9. The smallest absolute Gasteiger partial charge is 0.163 e. The zero-order valence-corrected chi connectivity index (χ0v) is 11.5. The lowest BCUT2D eigenvalue weighted by Crippen LogP contribution is -1.98. The molecule has 0 atom stereocenters. The Bertz CT molecular complexity index is 561. The molecule has 0 heterocycles. The largest absolute Gasteiger partial charge is 0.294 e. The van der Waals surface area contributed by atoms with Crippen molar-refractivity contribution in [2.45, 2.75) is 30.1 Å². The normalized spacial score (nSPS) is 10.3. The summed E-state index contributed by atoms with van der Waals surface area (Å²) in [4.78, 5) is 14.1. The highest BCUT2D eigenvalue weighted by atomic mass is 32.2. The molecule has 0 amide bonds. The van der Waals surface area contributed by atoms with E-state index in [0.29, 0.717) is 6.42 Å². The highest BCUT2D eigenvalue weighted by Crippen LogP contribution is 2.31. The molecule has 92 valence electrons. The van der Waals surface area contributed by atoms with Crippen molar-refractivity contribution in [2.24, 2.45) is 0 Å². The van der Waals surface area contributed by atoms with Gasteiger partial charge in [-0.1, -0.05) is 54.6 Å². The molecule has 0 saturated carbocycles. The Hall–Kier alpha value is -1.54. The minimum Gasteiger partial charge on any atom is -0.294 e. The number of hydrogen-bond acceptors (Lipinski definition) is 2. The summed E-state index contributed by atoms with van der Waals surface area (Å²) in [6.45, 7) is 3.98. The second kappa shape index (κ2) is 5.87. The van der Waals surface area contributed by atoms with E-state index in [1.807, 2.05) is 37.3 Å². The van der Waals surface area contributed by atoms with Crippen LogP contribution in [-0.4, -0.2) is 5.78 Å². The van der Waals surface area contributed by atoms with E-state index in [9.17, 15) is 4.79 Å². The summed E-state index contributed by atoms with van der Waals surface area (Å²) in [5, 5.41) is 0. The van der Waals surface area contributed by atoms with Crippen LogP contribution in [0, 0.1) is 6.92 Å². The molecule has 0 radical (unpaired) electrons. The minimum atomic E-state index is 0.200. The Morgan fingerprint density at radius 3 is 2.61 bits per heavy atom. The maximum Gasteiger partial charge on any atom is 0.163 e. The van der Waals surface area contributed by atoms with Crippen molar-refractivity contribution in [3.05, 3.63) is 59.7 Å². The van der Waals surface area contributed by atoms with Crippen LogP contribution in [0.25, 0.3) is 0 Å². The number of ketones is 1. The molecular formula is C16H16OS. The molecule has 2 aromatic rings. The van der Waals surface area contributed by atoms with Gasteiger partial charge in [-0.15, -0.1) is 0 Å². The van der Waals surface area contributed by atoms with Gasteiger partial charge in [-0.3, -0.25) is 4.79 Å². The van der Waals surface area contributed by atoms with Crippen molar-refractivity contribution in [3.63, 3.8) is 0 Å². The molecule has 0 unspecified atom stereocenters. The topological polar surface area (TPSA) is 17.1 Å². The summed E-state index contributed by atoms with van der Waals surface area (Å²) < 4.78 is 0. The summed E-state index contributed by atoms with van der Waals surface area (Å²) in [5.41, 5.74) is 2.06. The first-order valence-electron chi connectivity index (χ1n) is 6.07. The summed E-state index contributed by atoms with van der Waals surface area (Å²) in [6.07, 6.45) is 0.547. The van der Waals surface area contributed by atoms with Crippen molar-refractivity contribution < 1.29 is 4.79 Å². The minimum absolute atomic E-state index is 0.200. The zero-order chi connectivity index (χ0) is 13.0. The van der Waals surface area contributed by atoms with Gasteiger partial charge in [0.25, 0.3) is 0 Å². The van der Waals surface area contributed by atoms with Crippen molar-refractivity contribution in [1.82, 2.24) is 0 Å². The predicted molar refractivity (Wildman–Crippen MR) is 76.4 cm³/mol. The first-order chi connectivity index (χ1) is 8.70. The van der Waals surface area contributed by atoms with Crippen LogP contribution < -0.4 is 0 Å². The quantitative estimate of drug-likeness (QED) is 0.735. The van der Waals surface area contributed by atoms with E-state index in [1.165, 1.54) is 10.5 Å². The molecule has 2 heteroatoms. The Labute approximate surface area is 112 Å². The highest BCUT2D eigenvalue weighted by Gasteiger charge is 2.09. The van der Waals surface area contributed by atoms with Crippen LogP contribution in [-0.2, 0) is 0 Å². The Morgan fingerprint density at radius 2 is 1.89 bits per heavy atom. The summed E-state index contributed by atoms with van der Waals surface area (Å²) in [7, 11) is 0. The van der Waals surface area contributed by atoms with Gasteiger partial charge in [0.2, 0.25) is 0 Å². The average molecular weight is 256 g/mol. The van der Waals surface area contributed by atoms with Crippen molar-refractivity contribution in [2.75, 3.05) is 0 Å². The fourth-order valence-electron chi connectivity index (χ4n) is 1.78. The van der Waals surface area contributed by atoms with E-state index in [4.69, 9.17) is 0 Å². The predicted octanol–water partition coefficient (Wildman–Crippen LogP) is 4.74. The number of carbonyl (C=O) groups excluding carboxylic acids is 1. The molecular weight excluding hydrogens is 240 g/mol. The van der Waals surface area contributed by atoms with E-state index in [-0.39, 0.29) is 5.78 Å². The fourth-order valence-corrected chi connectivity index (χ4v) is 2.87. The van der Waals surface area contributed by atoms with Crippen molar-refractivity contribution >= 4 is 17.5 Å². The fraction of sp³-hybridized carbons (Fsp3) is 0.188. The SMILES string of the molecule is CCC(=O)c1ccccc1Sc1cccc(C)c1. The van der Waals surface area contributed by atoms with E-state index in [1.54, 1.807) is 11.8 Å². The lowest BCUT2D eigenvalue weighted by molar-refractivity contribution is 0.0985. The van der Waals surface area contributed by atoms with Crippen LogP contribution in [0.1, 0.15) is 29.3 Å². The monoisotopic (exact) mass is 256 g/mol. The number of rotatable bonds is 4. The highest BCUT2D eigenvalue weighted by molar-refractivity contribution is 7.99. The van der Waals surface area contributed by atoms with Gasteiger partial charge in [0.05, 0.1) is 0 Å². The third-order valence-corrected chi connectivity index (χ3v) is 3.79. The van der Waals surface area contributed by atoms with E-state index < -0.39 is 0 Å². The molecule has 0 saturated heterocycles. The van der Waals surface area contributed by atoms with Crippen LogP contribution in [0.15, 0.2) is 58.3 Å². The number of carbonyl (C=O) groups is 1. The molecule has 0 N–H and O–H groups in total. The van der Waals surface area contributed by atoms with E-state index in [2.05, 4.69) is 25.1 Å². The molecule has 2 aromatic carbocycles. The molecule has 0 spiro atoms. The van der Waals surface area contributed by atoms with Gasteiger partial charge in [0.15, 0.2) is 5.78 Å². The second-order valence-corrected chi connectivity index (χ2v) is 5.31. The number of benzene rings is 2. The van der Waals surface area contributed by atoms with E-state index in [0.717, 1.165) is 10.5 Å². The number of hydrogen-bond donors (Lipinski definition) is 0. The molecule has 1 nitrogen and oxygen atoms in total. The van der Waals surface area contributed by atoms with E-state index >= 15 is 0 Å². The van der Waals surface area contributed by atoms with Gasteiger partial charge < -0.3 is 0 Å². The zero-order valence-electron chi connectivity index (χ0n) is 10.6. The van der Waals surface area contributed by atoms with Gasteiger partial charge in [-0.2, -0.15) is 0 Å². The average Bonchev–Trinajstić information content (AvgIpc) is 2.38. The molecule has 0 aliphatic carbocycles. The first-order valence-corrected chi connectivity index (χ1v) is 6.89. The lowest BCUT2D eigenvalue weighted by atomic mass is 10.1. The van der Waals surface area contributed by atoms with Gasteiger partial charge in [0.1, 0.15) is 0 Å². The third-order valence-electron chi connectivity index (χ3n) is 2.73. The maximum absolute atomic E-state index is 11.9. The second-order valence-electron chi connectivity index (χ2n) is 4.19. The first kappa shape index (κ1) is 12.9. The van der Waals surface area contributed by atoms with Crippen molar-refractivity contribution in [3.8, 4) is 0 Å². The summed E-state index contributed by atoms with van der Waals surface area (Å²) >= 11 is 1.65.